The molecule has 0 atom stereocenters. The van der Waals surface area contributed by atoms with Crippen LogP contribution in [0.25, 0.3) is 0 Å². The van der Waals surface area contributed by atoms with Crippen LogP contribution in [0.3, 0.4) is 0 Å². The van der Waals surface area contributed by atoms with E-state index in [0.29, 0.717) is 18.3 Å². The Hall–Kier alpha value is -1.83. The van der Waals surface area contributed by atoms with E-state index >= 15 is 0 Å². The highest BCUT2D eigenvalue weighted by Gasteiger charge is 2.30. The fraction of sp³-hybridized carbons (Fsp3) is 0.500. The molecule has 0 spiro atoms. The van der Waals surface area contributed by atoms with E-state index in [9.17, 15) is 17.6 Å². The average Bonchev–Trinajstić information content (AvgIpc) is 2.54. The van der Waals surface area contributed by atoms with Gasteiger partial charge in [-0.05, 0) is 74.1 Å². The summed E-state index contributed by atoms with van der Waals surface area (Å²) >= 11 is 0. The van der Waals surface area contributed by atoms with E-state index in [0.717, 1.165) is 49.8 Å². The molecule has 0 saturated heterocycles. The Bertz CT molecular complexity index is 573. The summed E-state index contributed by atoms with van der Waals surface area (Å²) in [5, 5.41) is 8.34. The standard InChI is InChI=1S/C18H19F4N/c19-17(12-23)3-1-2-13-4-6-14(7-5-13)15-8-10-16(11-9-15)18(20,21)22/h3,8-11,13-14H,1-2,4-7H2/b17-3-/t13-,14-. The maximum absolute atomic E-state index is 12.7. The summed E-state index contributed by atoms with van der Waals surface area (Å²) in [4.78, 5) is 0. The molecule has 5 heteroatoms. The van der Waals surface area contributed by atoms with Gasteiger partial charge in [-0.15, -0.1) is 0 Å². The van der Waals surface area contributed by atoms with Crippen molar-refractivity contribution in [2.75, 3.05) is 0 Å². The van der Waals surface area contributed by atoms with Gasteiger partial charge in [-0.1, -0.05) is 12.1 Å². The van der Waals surface area contributed by atoms with Crippen LogP contribution in [0.2, 0.25) is 0 Å². The van der Waals surface area contributed by atoms with Crippen LogP contribution >= 0.6 is 0 Å². The van der Waals surface area contributed by atoms with E-state index in [-0.39, 0.29) is 0 Å². The Morgan fingerprint density at radius 3 is 2.26 bits per heavy atom. The van der Waals surface area contributed by atoms with E-state index in [1.54, 1.807) is 12.1 Å². The Labute approximate surface area is 133 Å². The van der Waals surface area contributed by atoms with Crippen LogP contribution in [0.15, 0.2) is 36.2 Å². The van der Waals surface area contributed by atoms with E-state index in [4.69, 9.17) is 5.26 Å². The highest BCUT2D eigenvalue weighted by molar-refractivity contribution is 5.27. The first-order chi connectivity index (χ1) is 10.9. The molecule has 1 aromatic carbocycles. The molecule has 0 radical (unpaired) electrons. The Morgan fingerprint density at radius 1 is 1.13 bits per heavy atom. The molecule has 0 heterocycles. The Balaban J connectivity index is 1.84. The quantitative estimate of drug-likeness (QED) is 0.482. The minimum atomic E-state index is -4.29. The van der Waals surface area contributed by atoms with E-state index in [1.165, 1.54) is 12.1 Å². The minimum absolute atomic E-state index is 0.305. The van der Waals surface area contributed by atoms with Crippen molar-refractivity contribution in [3.8, 4) is 6.07 Å². The lowest BCUT2D eigenvalue weighted by atomic mass is 9.77. The molecule has 1 aliphatic carbocycles. The smallest absolute Gasteiger partial charge is 0.195 e. The van der Waals surface area contributed by atoms with Crippen molar-refractivity contribution < 1.29 is 17.6 Å². The van der Waals surface area contributed by atoms with Crippen LogP contribution in [-0.4, -0.2) is 0 Å². The van der Waals surface area contributed by atoms with Gasteiger partial charge < -0.3 is 0 Å². The number of halogens is 4. The second-order valence-electron chi connectivity index (χ2n) is 6.08. The van der Waals surface area contributed by atoms with Crippen LogP contribution in [0.4, 0.5) is 17.6 Å². The molecule has 23 heavy (non-hydrogen) atoms. The minimum Gasteiger partial charge on any atom is -0.195 e. The summed E-state index contributed by atoms with van der Waals surface area (Å²) in [6.07, 6.45) is 2.33. The fourth-order valence-corrected chi connectivity index (χ4v) is 3.22. The third-order valence-corrected chi connectivity index (χ3v) is 4.56. The van der Waals surface area contributed by atoms with Crippen molar-refractivity contribution in [1.29, 1.82) is 5.26 Å². The van der Waals surface area contributed by atoms with Gasteiger partial charge in [0, 0.05) is 0 Å². The summed E-state index contributed by atoms with van der Waals surface area (Å²) in [6.45, 7) is 0. The molecule has 1 nitrogen and oxygen atoms in total. The zero-order valence-electron chi connectivity index (χ0n) is 12.7. The monoisotopic (exact) mass is 325 g/mol. The Kier molecular flexibility index (Phi) is 5.81. The van der Waals surface area contributed by atoms with Crippen molar-refractivity contribution >= 4 is 0 Å². The number of rotatable bonds is 4. The molecular formula is C18H19F4N. The predicted molar refractivity (Wildman–Crippen MR) is 80.2 cm³/mol. The number of hydrogen-bond donors (Lipinski definition) is 0. The Morgan fingerprint density at radius 2 is 1.74 bits per heavy atom. The lowest BCUT2D eigenvalue weighted by Gasteiger charge is -2.28. The zero-order valence-corrected chi connectivity index (χ0v) is 12.7. The van der Waals surface area contributed by atoms with Gasteiger partial charge in [0.2, 0.25) is 0 Å². The third-order valence-electron chi connectivity index (χ3n) is 4.56. The molecule has 0 amide bonds. The first-order valence-electron chi connectivity index (χ1n) is 7.83. The first kappa shape index (κ1) is 17.5. The van der Waals surface area contributed by atoms with Gasteiger partial charge in [0.25, 0.3) is 0 Å². The van der Waals surface area contributed by atoms with Gasteiger partial charge in [0.15, 0.2) is 5.83 Å². The topological polar surface area (TPSA) is 23.8 Å². The predicted octanol–water partition coefficient (Wildman–Crippen LogP) is 6.14. The molecule has 0 N–H and O–H groups in total. The average molecular weight is 325 g/mol. The molecule has 1 aliphatic rings. The molecular weight excluding hydrogens is 306 g/mol. The summed E-state index contributed by atoms with van der Waals surface area (Å²) in [6, 6.07) is 6.92. The molecule has 0 bridgehead atoms. The first-order valence-corrected chi connectivity index (χ1v) is 7.83. The highest BCUT2D eigenvalue weighted by atomic mass is 19.4. The SMILES string of the molecule is N#C/C(F)=C/CC[C@H]1CC[C@H](c2ccc(C(F)(F)F)cc2)CC1. The van der Waals surface area contributed by atoms with Gasteiger partial charge in [-0.2, -0.15) is 22.8 Å². The van der Waals surface area contributed by atoms with Gasteiger partial charge in [0.1, 0.15) is 6.07 Å². The van der Waals surface area contributed by atoms with Crippen molar-refractivity contribution in [3.63, 3.8) is 0 Å². The number of hydrogen-bond acceptors (Lipinski definition) is 1. The van der Waals surface area contributed by atoms with Gasteiger partial charge in [0.05, 0.1) is 5.56 Å². The van der Waals surface area contributed by atoms with Crippen LogP contribution in [0.5, 0.6) is 0 Å². The van der Waals surface area contributed by atoms with Crippen LogP contribution in [-0.2, 0) is 6.18 Å². The van der Waals surface area contributed by atoms with Crippen LogP contribution in [0.1, 0.15) is 55.6 Å². The molecule has 1 fully saturated rings. The van der Waals surface area contributed by atoms with Gasteiger partial charge in [-0.3, -0.25) is 0 Å². The van der Waals surface area contributed by atoms with Gasteiger partial charge in [-0.25, -0.2) is 0 Å². The van der Waals surface area contributed by atoms with Crippen molar-refractivity contribution in [2.24, 2.45) is 5.92 Å². The summed E-state index contributed by atoms with van der Waals surface area (Å²) < 4.78 is 50.4. The second-order valence-corrected chi connectivity index (χ2v) is 6.08. The van der Waals surface area contributed by atoms with Crippen molar-refractivity contribution in [3.05, 3.63) is 47.3 Å². The number of benzene rings is 1. The third kappa shape index (κ3) is 5.09. The number of alkyl halides is 3. The summed E-state index contributed by atoms with van der Waals surface area (Å²) in [5.74, 6) is 0.0757. The van der Waals surface area contributed by atoms with E-state index in [1.807, 2.05) is 0 Å². The van der Waals surface area contributed by atoms with Crippen molar-refractivity contribution in [1.82, 2.24) is 0 Å². The molecule has 1 saturated carbocycles. The van der Waals surface area contributed by atoms with Crippen LogP contribution < -0.4 is 0 Å². The number of nitrogens with zero attached hydrogens (tertiary/aromatic N) is 1. The molecule has 0 aromatic heterocycles. The number of nitriles is 1. The fourth-order valence-electron chi connectivity index (χ4n) is 3.22. The molecule has 124 valence electrons. The molecule has 0 aliphatic heterocycles. The highest BCUT2D eigenvalue weighted by Crippen LogP contribution is 2.38. The van der Waals surface area contributed by atoms with E-state index < -0.39 is 17.6 Å². The lowest BCUT2D eigenvalue weighted by Crippen LogP contribution is -2.13. The lowest BCUT2D eigenvalue weighted by molar-refractivity contribution is -0.137. The molecule has 0 unspecified atom stereocenters. The summed E-state index contributed by atoms with van der Waals surface area (Å²) in [5.41, 5.74) is 0.355. The number of allylic oxidation sites excluding steroid dienone is 2. The maximum atomic E-state index is 12.7. The zero-order chi connectivity index (χ0) is 16.9. The normalized spacial score (nSPS) is 22.7. The second kappa shape index (κ2) is 7.63. The van der Waals surface area contributed by atoms with E-state index in [2.05, 4.69) is 0 Å². The van der Waals surface area contributed by atoms with Crippen LogP contribution in [0, 0.1) is 17.2 Å². The maximum Gasteiger partial charge on any atom is 0.416 e. The largest absolute Gasteiger partial charge is 0.416 e. The molecule has 2 rings (SSSR count). The van der Waals surface area contributed by atoms with Crippen molar-refractivity contribution in [2.45, 2.75) is 50.6 Å². The summed E-state index contributed by atoms with van der Waals surface area (Å²) in [7, 11) is 0. The van der Waals surface area contributed by atoms with Gasteiger partial charge >= 0.3 is 6.18 Å². The molecule has 1 aromatic rings.